The molecule has 0 fully saturated rings. The zero-order valence-corrected chi connectivity index (χ0v) is 11.5. The molecule has 0 radical (unpaired) electrons. The Kier molecular flexibility index (Phi) is 4.45. The molecule has 0 aliphatic rings. The average Bonchev–Trinajstić information content (AvgIpc) is 2.16. The normalized spacial score (nSPS) is 13.9. The second-order valence-electron chi connectivity index (χ2n) is 5.35. The molecule has 0 aliphatic carbocycles. The fourth-order valence-electron chi connectivity index (χ4n) is 1.79. The van der Waals surface area contributed by atoms with E-state index in [1.807, 2.05) is 6.07 Å². The highest BCUT2D eigenvalue weighted by Gasteiger charge is 2.16. The van der Waals surface area contributed by atoms with Crippen LogP contribution in [0.2, 0.25) is 0 Å². The molecule has 0 aliphatic heterocycles. The summed E-state index contributed by atoms with van der Waals surface area (Å²) in [6, 6.07) is 6.34. The van der Waals surface area contributed by atoms with Crippen LogP contribution in [-0.2, 0) is 5.41 Å². The molecule has 0 aromatic heterocycles. The highest BCUT2D eigenvalue weighted by Crippen LogP contribution is 2.27. The van der Waals surface area contributed by atoms with Crippen LogP contribution in [0.15, 0.2) is 18.2 Å². The lowest BCUT2D eigenvalue weighted by Gasteiger charge is -2.21. The second kappa shape index (κ2) is 5.24. The molecule has 16 heavy (non-hydrogen) atoms. The van der Waals surface area contributed by atoms with Gasteiger partial charge in [-0.15, -0.1) is 0 Å². The van der Waals surface area contributed by atoms with Gasteiger partial charge in [-0.1, -0.05) is 39.0 Å². The summed E-state index contributed by atoms with van der Waals surface area (Å²) in [5, 5.41) is 9.95. The van der Waals surface area contributed by atoms with Crippen LogP contribution in [0.3, 0.4) is 0 Å². The van der Waals surface area contributed by atoms with Crippen LogP contribution in [0, 0.1) is 6.92 Å². The summed E-state index contributed by atoms with van der Waals surface area (Å²) in [7, 11) is 0. The van der Waals surface area contributed by atoms with Crippen molar-refractivity contribution in [3.63, 3.8) is 0 Å². The third kappa shape index (κ3) is 3.26. The van der Waals surface area contributed by atoms with Crippen molar-refractivity contribution >= 4 is 12.6 Å². The Balaban J connectivity index is 3.00. The number of aryl methyl sites for hydroxylation is 1. The standard InChI is InChI=1S/C14H22OS/c1-10-9-11(14(2,3)4)5-6-12(10)13(15)7-8-16/h5-6,9,13,15-16H,7-8H2,1-4H3. The molecular weight excluding hydrogens is 216 g/mol. The zero-order chi connectivity index (χ0) is 12.3. The van der Waals surface area contributed by atoms with Gasteiger partial charge in [0, 0.05) is 0 Å². The molecule has 1 nitrogen and oxygen atoms in total. The summed E-state index contributed by atoms with van der Waals surface area (Å²) in [6.45, 7) is 8.66. The van der Waals surface area contributed by atoms with Crippen molar-refractivity contribution in [3.05, 3.63) is 34.9 Å². The molecule has 0 saturated heterocycles. The predicted molar refractivity (Wildman–Crippen MR) is 73.3 cm³/mol. The fraction of sp³-hybridized carbons (Fsp3) is 0.571. The smallest absolute Gasteiger partial charge is 0.0800 e. The predicted octanol–water partition coefficient (Wildman–Crippen LogP) is 3.65. The topological polar surface area (TPSA) is 20.2 Å². The first-order chi connectivity index (χ1) is 7.36. The van der Waals surface area contributed by atoms with Gasteiger partial charge in [0.15, 0.2) is 0 Å². The van der Waals surface area contributed by atoms with Gasteiger partial charge in [0.25, 0.3) is 0 Å². The van der Waals surface area contributed by atoms with E-state index in [0.29, 0.717) is 12.2 Å². The fourth-order valence-corrected chi connectivity index (χ4v) is 2.04. The highest BCUT2D eigenvalue weighted by molar-refractivity contribution is 7.80. The van der Waals surface area contributed by atoms with Crippen LogP contribution >= 0.6 is 12.6 Å². The molecule has 2 heteroatoms. The summed E-state index contributed by atoms with van der Waals surface area (Å²) in [4.78, 5) is 0. The first-order valence-electron chi connectivity index (χ1n) is 5.76. The molecular formula is C14H22OS. The Morgan fingerprint density at radius 3 is 2.38 bits per heavy atom. The number of aliphatic hydroxyl groups is 1. The molecule has 1 N–H and O–H groups in total. The Morgan fingerprint density at radius 2 is 1.94 bits per heavy atom. The summed E-state index contributed by atoms with van der Waals surface area (Å²) in [6.07, 6.45) is 0.324. The van der Waals surface area contributed by atoms with Gasteiger partial charge < -0.3 is 5.11 Å². The highest BCUT2D eigenvalue weighted by atomic mass is 32.1. The molecule has 1 atom stereocenters. The summed E-state index contributed by atoms with van der Waals surface area (Å²) in [5.41, 5.74) is 3.67. The lowest BCUT2D eigenvalue weighted by Crippen LogP contribution is -2.12. The van der Waals surface area contributed by atoms with Crippen molar-refractivity contribution in [2.75, 3.05) is 5.75 Å². The van der Waals surface area contributed by atoms with Crippen LogP contribution in [0.25, 0.3) is 0 Å². The minimum atomic E-state index is -0.383. The molecule has 0 bridgehead atoms. The van der Waals surface area contributed by atoms with Crippen molar-refractivity contribution in [2.24, 2.45) is 0 Å². The minimum absolute atomic E-state index is 0.164. The van der Waals surface area contributed by atoms with Gasteiger partial charge in [-0.2, -0.15) is 12.6 Å². The number of hydrogen-bond acceptors (Lipinski definition) is 2. The third-order valence-electron chi connectivity index (χ3n) is 2.90. The van der Waals surface area contributed by atoms with Crippen molar-refractivity contribution < 1.29 is 5.11 Å². The molecule has 1 rings (SSSR count). The zero-order valence-electron chi connectivity index (χ0n) is 10.6. The van der Waals surface area contributed by atoms with Gasteiger partial charge >= 0.3 is 0 Å². The number of benzene rings is 1. The van der Waals surface area contributed by atoms with Crippen LogP contribution in [-0.4, -0.2) is 10.9 Å². The van der Waals surface area contributed by atoms with E-state index < -0.39 is 0 Å². The third-order valence-corrected chi connectivity index (χ3v) is 3.16. The monoisotopic (exact) mass is 238 g/mol. The largest absolute Gasteiger partial charge is 0.388 e. The quantitative estimate of drug-likeness (QED) is 0.770. The van der Waals surface area contributed by atoms with Crippen molar-refractivity contribution in [3.8, 4) is 0 Å². The molecule has 1 aromatic carbocycles. The van der Waals surface area contributed by atoms with Gasteiger partial charge in [-0.05, 0) is 41.2 Å². The van der Waals surface area contributed by atoms with E-state index in [1.165, 1.54) is 11.1 Å². The van der Waals surface area contributed by atoms with Gasteiger partial charge in [0.05, 0.1) is 6.10 Å². The van der Waals surface area contributed by atoms with Crippen LogP contribution < -0.4 is 0 Å². The molecule has 1 aromatic rings. The summed E-state index contributed by atoms with van der Waals surface area (Å²) >= 11 is 4.15. The number of hydrogen-bond donors (Lipinski definition) is 2. The SMILES string of the molecule is Cc1cc(C(C)(C)C)ccc1C(O)CCS. The molecule has 0 heterocycles. The molecule has 0 saturated carbocycles. The maximum atomic E-state index is 9.95. The lowest BCUT2D eigenvalue weighted by atomic mass is 9.84. The van der Waals surface area contributed by atoms with E-state index in [2.05, 4.69) is 52.5 Å². The molecule has 90 valence electrons. The van der Waals surface area contributed by atoms with Gasteiger partial charge in [0.1, 0.15) is 0 Å². The Bertz CT molecular complexity index is 352. The summed E-state index contributed by atoms with van der Waals surface area (Å²) in [5.74, 6) is 0.710. The van der Waals surface area contributed by atoms with Crippen LogP contribution in [0.5, 0.6) is 0 Å². The van der Waals surface area contributed by atoms with E-state index in [-0.39, 0.29) is 11.5 Å². The Hall–Kier alpha value is -0.470. The van der Waals surface area contributed by atoms with E-state index >= 15 is 0 Å². The van der Waals surface area contributed by atoms with Crippen molar-refractivity contribution in [1.29, 1.82) is 0 Å². The van der Waals surface area contributed by atoms with E-state index in [0.717, 1.165) is 5.56 Å². The summed E-state index contributed by atoms with van der Waals surface area (Å²) < 4.78 is 0. The maximum Gasteiger partial charge on any atom is 0.0800 e. The average molecular weight is 238 g/mol. The number of aliphatic hydroxyl groups excluding tert-OH is 1. The van der Waals surface area contributed by atoms with Gasteiger partial charge in [0.2, 0.25) is 0 Å². The second-order valence-corrected chi connectivity index (χ2v) is 5.80. The van der Waals surface area contributed by atoms with Crippen molar-refractivity contribution in [1.82, 2.24) is 0 Å². The van der Waals surface area contributed by atoms with E-state index in [4.69, 9.17) is 0 Å². The number of thiol groups is 1. The lowest BCUT2D eigenvalue weighted by molar-refractivity contribution is 0.174. The van der Waals surface area contributed by atoms with E-state index in [1.54, 1.807) is 0 Å². The van der Waals surface area contributed by atoms with Crippen molar-refractivity contribution in [2.45, 2.75) is 45.6 Å². The Morgan fingerprint density at radius 1 is 1.31 bits per heavy atom. The first kappa shape index (κ1) is 13.6. The van der Waals surface area contributed by atoms with E-state index in [9.17, 15) is 5.11 Å². The Labute approximate surface area is 104 Å². The van der Waals surface area contributed by atoms with Gasteiger partial charge in [-0.25, -0.2) is 0 Å². The first-order valence-corrected chi connectivity index (χ1v) is 6.39. The van der Waals surface area contributed by atoms with Crippen LogP contribution in [0.4, 0.5) is 0 Å². The number of rotatable bonds is 3. The maximum absolute atomic E-state index is 9.95. The molecule has 1 unspecified atom stereocenters. The van der Waals surface area contributed by atoms with Gasteiger partial charge in [-0.3, -0.25) is 0 Å². The van der Waals surface area contributed by atoms with Crippen LogP contribution in [0.1, 0.15) is 50.0 Å². The minimum Gasteiger partial charge on any atom is -0.388 e. The molecule has 0 amide bonds. The molecule has 0 spiro atoms.